The highest BCUT2D eigenvalue weighted by atomic mass is 79.9. The summed E-state index contributed by atoms with van der Waals surface area (Å²) in [7, 11) is 3.05. The lowest BCUT2D eigenvalue weighted by Crippen LogP contribution is -2.53. The van der Waals surface area contributed by atoms with Gasteiger partial charge in [0, 0.05) is 74.5 Å². The summed E-state index contributed by atoms with van der Waals surface area (Å²) in [5.41, 5.74) is 5.37. The average molecular weight is 1100 g/mol. The Labute approximate surface area is 448 Å². The Kier molecular flexibility index (Phi) is 16.2. The molecule has 5 heterocycles. The molecule has 0 aromatic heterocycles. The number of fused-ring (bicyclic) bond motifs is 4. The number of unbranched alkanes of at least 4 members (excludes halogenated alkanes) is 2. The minimum atomic E-state index is -0.924. The van der Waals surface area contributed by atoms with Crippen molar-refractivity contribution in [2.24, 2.45) is 21.8 Å². The summed E-state index contributed by atoms with van der Waals surface area (Å²) in [6.07, 6.45) is 14.6. The molecule has 20 heteroatoms. The van der Waals surface area contributed by atoms with Gasteiger partial charge < -0.3 is 44.7 Å². The number of nitrogens with zero attached hydrogens (tertiary/aromatic N) is 5. The van der Waals surface area contributed by atoms with Crippen molar-refractivity contribution in [3.05, 3.63) is 93.8 Å². The topological polar surface area (TPSA) is 227 Å². The summed E-state index contributed by atoms with van der Waals surface area (Å²) in [6.45, 7) is 5.96. The van der Waals surface area contributed by atoms with Crippen LogP contribution in [0.4, 0.5) is 17.1 Å². The highest BCUT2D eigenvalue weighted by Crippen LogP contribution is 2.45. The van der Waals surface area contributed by atoms with Crippen LogP contribution in [0.1, 0.15) is 105 Å². The quantitative estimate of drug-likeness (QED) is 0.0658. The minimum Gasteiger partial charge on any atom is -0.493 e. The van der Waals surface area contributed by atoms with E-state index in [0.29, 0.717) is 89.2 Å². The summed E-state index contributed by atoms with van der Waals surface area (Å²) >= 11 is 3.08. The van der Waals surface area contributed by atoms with E-state index in [1.807, 2.05) is 30.7 Å². The van der Waals surface area contributed by atoms with Crippen molar-refractivity contribution in [3.8, 4) is 23.0 Å². The molecule has 1 fully saturated rings. The molecule has 7 amide bonds. The Bertz CT molecular complexity index is 3000. The monoisotopic (exact) mass is 1100 g/mol. The fraction of sp³-hybridized carbons (Fsp3) is 0.411. The second-order valence-electron chi connectivity index (χ2n) is 19.9. The van der Waals surface area contributed by atoms with E-state index in [1.165, 1.54) is 38.7 Å². The third-order valence-corrected chi connectivity index (χ3v) is 14.7. The van der Waals surface area contributed by atoms with Crippen molar-refractivity contribution in [1.29, 1.82) is 0 Å². The summed E-state index contributed by atoms with van der Waals surface area (Å²) in [5, 5.41) is 8.34. The number of hydrogen-bond donors (Lipinski definition) is 3. The molecule has 4 unspecified atom stereocenters. The number of methoxy groups -OCH3 is 2. The van der Waals surface area contributed by atoms with Crippen molar-refractivity contribution in [2.45, 2.75) is 103 Å². The standard InChI is InChI=1S/C56H61BrN8O11/c1-31(2)51(62-49(66)10-7-6-8-17-63-50(67)24-42(57)56(63)72)53(69)60-32(3)52(68)61-37-15-13-34(14-16-37)36-21-39-28-59-44-26-48(46(74-5)23-41(44)55(71)65(39)30-36)76-19-9-18-75-47-25-43-40(22-45(47)73-4)54(70)64-29-35(33-11-12-33)20-38(64)27-58-43/h13-16,22-33,38-39,51H,6-12,17-21H2,1-5H3,(H,60,69)(H,61,68)(H,62,66). The van der Waals surface area contributed by atoms with Crippen molar-refractivity contribution in [2.75, 3.05) is 39.3 Å². The Morgan fingerprint density at radius 2 is 1.32 bits per heavy atom. The van der Waals surface area contributed by atoms with Crippen LogP contribution in [-0.4, -0.2) is 127 Å². The first kappa shape index (κ1) is 53.2. The van der Waals surface area contributed by atoms with Crippen LogP contribution in [-0.2, 0) is 24.0 Å². The Hall–Kier alpha value is -7.61. The Morgan fingerprint density at radius 3 is 1.88 bits per heavy atom. The molecule has 5 aliphatic heterocycles. The average Bonchev–Trinajstić information content (AvgIpc) is 4.05. The zero-order chi connectivity index (χ0) is 53.8. The third-order valence-electron chi connectivity index (χ3n) is 14.2. The van der Waals surface area contributed by atoms with Gasteiger partial charge in [-0.1, -0.05) is 32.4 Å². The molecule has 3 N–H and O–H groups in total. The highest BCUT2D eigenvalue weighted by Gasteiger charge is 2.39. The van der Waals surface area contributed by atoms with Crippen molar-refractivity contribution in [1.82, 2.24) is 25.3 Å². The van der Waals surface area contributed by atoms with Crippen LogP contribution < -0.4 is 34.9 Å². The first-order valence-electron chi connectivity index (χ1n) is 25.7. The SMILES string of the molecule is COc1cc2c(cc1OCCCOc1cc3c(cc1OC)C(=O)N1C=C(C4CC4)CC1C=N3)N=CC1CC(c3ccc(NC(=O)C(C)NC(=O)C(NC(=O)CCCCCN4C(=O)C=C(Br)C4=O)C(C)C)cc3)=CN1C2=O. The molecule has 0 bridgehead atoms. The molecule has 1 saturated carbocycles. The number of nitrogens with one attached hydrogen (secondary N) is 3. The smallest absolute Gasteiger partial charge is 0.267 e. The van der Waals surface area contributed by atoms with Crippen LogP contribution >= 0.6 is 15.9 Å². The van der Waals surface area contributed by atoms with E-state index in [9.17, 15) is 33.6 Å². The van der Waals surface area contributed by atoms with Gasteiger partial charge >= 0.3 is 0 Å². The number of anilines is 1. The molecule has 0 radical (unpaired) electrons. The molecule has 4 atom stereocenters. The van der Waals surface area contributed by atoms with Crippen LogP contribution in [0.5, 0.6) is 23.0 Å². The summed E-state index contributed by atoms with van der Waals surface area (Å²) in [4.78, 5) is 105. The number of benzene rings is 3. The van der Waals surface area contributed by atoms with Gasteiger partial charge in [-0.25, -0.2) is 0 Å². The summed E-state index contributed by atoms with van der Waals surface area (Å²) < 4.78 is 23.8. The molecule has 3 aromatic rings. The van der Waals surface area contributed by atoms with Gasteiger partial charge in [0.2, 0.25) is 17.7 Å². The van der Waals surface area contributed by atoms with Crippen LogP contribution in [0, 0.1) is 11.8 Å². The van der Waals surface area contributed by atoms with E-state index in [0.717, 1.165) is 22.5 Å². The van der Waals surface area contributed by atoms with Crippen molar-refractivity contribution >= 4 is 92.3 Å². The summed E-state index contributed by atoms with van der Waals surface area (Å²) in [6, 6.07) is 11.7. The van der Waals surface area contributed by atoms with E-state index < -0.39 is 23.9 Å². The molecular formula is C56H61BrN8O11. The maximum absolute atomic E-state index is 14.1. The number of aliphatic imine (C=N–C) groups is 2. The van der Waals surface area contributed by atoms with Crippen LogP contribution in [0.15, 0.2) is 87.0 Å². The maximum Gasteiger partial charge on any atom is 0.267 e. The van der Waals surface area contributed by atoms with Crippen LogP contribution in [0.25, 0.3) is 5.57 Å². The molecule has 19 nitrogen and oxygen atoms in total. The summed E-state index contributed by atoms with van der Waals surface area (Å²) in [5.74, 6) is -0.329. The lowest BCUT2D eigenvalue weighted by Gasteiger charge is -2.24. The Balaban J connectivity index is 0.734. The number of halogens is 1. The molecule has 9 rings (SSSR count). The lowest BCUT2D eigenvalue weighted by atomic mass is 10.0. The zero-order valence-corrected chi connectivity index (χ0v) is 44.6. The predicted molar refractivity (Wildman–Crippen MR) is 287 cm³/mol. The molecular weight excluding hydrogens is 1040 g/mol. The molecule has 76 heavy (non-hydrogen) atoms. The highest BCUT2D eigenvalue weighted by molar-refractivity contribution is 9.12. The van der Waals surface area contributed by atoms with Gasteiger partial charge in [-0.3, -0.25) is 48.4 Å². The number of rotatable bonds is 22. The van der Waals surface area contributed by atoms with E-state index >= 15 is 0 Å². The van der Waals surface area contributed by atoms with Gasteiger partial charge in [-0.05, 0) is 108 Å². The normalized spacial score (nSPS) is 19.1. The molecule has 0 saturated heterocycles. The number of carbonyl (C=O) groups is 7. The lowest BCUT2D eigenvalue weighted by molar-refractivity contribution is -0.137. The number of carbonyl (C=O) groups excluding carboxylic acids is 7. The fourth-order valence-electron chi connectivity index (χ4n) is 9.71. The van der Waals surface area contributed by atoms with Gasteiger partial charge in [-0.2, -0.15) is 0 Å². The molecule has 6 aliphatic rings. The van der Waals surface area contributed by atoms with Crippen molar-refractivity contribution in [3.63, 3.8) is 0 Å². The first-order valence-corrected chi connectivity index (χ1v) is 26.5. The van der Waals surface area contributed by atoms with Crippen molar-refractivity contribution < 1.29 is 52.5 Å². The second kappa shape index (κ2) is 23.1. The largest absolute Gasteiger partial charge is 0.493 e. The van der Waals surface area contributed by atoms with Crippen LogP contribution in [0.3, 0.4) is 0 Å². The predicted octanol–water partition coefficient (Wildman–Crippen LogP) is 7.54. The van der Waals surface area contributed by atoms with E-state index in [4.69, 9.17) is 23.9 Å². The number of amides is 7. The Morgan fingerprint density at radius 1 is 0.711 bits per heavy atom. The number of ether oxygens (including phenoxy) is 4. The maximum atomic E-state index is 14.1. The zero-order valence-electron chi connectivity index (χ0n) is 43.1. The number of hydrogen-bond acceptors (Lipinski definition) is 13. The number of imide groups is 1. The van der Waals surface area contributed by atoms with Gasteiger partial charge in [0.15, 0.2) is 23.0 Å². The first-order chi connectivity index (χ1) is 36.6. The molecule has 0 spiro atoms. The fourth-order valence-corrected chi connectivity index (χ4v) is 10.1. The van der Waals surface area contributed by atoms with Gasteiger partial charge in [0.1, 0.15) is 12.1 Å². The van der Waals surface area contributed by atoms with E-state index in [2.05, 4.69) is 36.9 Å². The third kappa shape index (κ3) is 11.8. The van der Waals surface area contributed by atoms with Crippen LogP contribution in [0.2, 0.25) is 0 Å². The van der Waals surface area contributed by atoms with Gasteiger partial charge in [-0.15, -0.1) is 0 Å². The minimum absolute atomic E-state index is 0.0918. The molecule has 3 aromatic carbocycles. The van der Waals surface area contributed by atoms with Gasteiger partial charge in [0.25, 0.3) is 23.6 Å². The molecule has 398 valence electrons. The molecule has 1 aliphatic carbocycles. The second-order valence-corrected chi connectivity index (χ2v) is 20.8. The van der Waals surface area contributed by atoms with E-state index in [-0.39, 0.29) is 78.2 Å². The van der Waals surface area contributed by atoms with Gasteiger partial charge in [0.05, 0.1) is 66.5 Å². The van der Waals surface area contributed by atoms with E-state index in [1.54, 1.807) is 73.2 Å².